The van der Waals surface area contributed by atoms with Gasteiger partial charge in [-0.1, -0.05) is 52.3 Å². The molecule has 2 rings (SSSR count). The fraction of sp³-hybridized carbons (Fsp3) is 0.0769. The molecular formula is C13H10BrS. The van der Waals surface area contributed by atoms with Gasteiger partial charge in [0.15, 0.2) is 0 Å². The Bertz CT molecular complexity index is 426. The van der Waals surface area contributed by atoms with E-state index in [0.717, 1.165) is 10.2 Å². The van der Waals surface area contributed by atoms with Crippen LogP contribution in [0.2, 0.25) is 0 Å². The molecule has 0 N–H and O–H groups in total. The fourth-order valence-corrected chi connectivity index (χ4v) is 2.63. The normalized spacial score (nSPS) is 10.2. The van der Waals surface area contributed by atoms with Gasteiger partial charge in [-0.15, -0.1) is 11.8 Å². The van der Waals surface area contributed by atoms with E-state index in [-0.39, 0.29) is 0 Å². The van der Waals surface area contributed by atoms with Crippen molar-refractivity contribution < 1.29 is 0 Å². The first-order valence-corrected chi connectivity index (χ1v) is 6.46. The molecular weight excluding hydrogens is 268 g/mol. The average Bonchev–Trinajstić information content (AvgIpc) is 2.28. The van der Waals surface area contributed by atoms with Gasteiger partial charge in [-0.3, -0.25) is 0 Å². The number of hydrogen-bond acceptors (Lipinski definition) is 1. The summed E-state index contributed by atoms with van der Waals surface area (Å²) in [4.78, 5) is 1.17. The molecule has 0 bridgehead atoms. The van der Waals surface area contributed by atoms with Crippen LogP contribution in [0, 0.1) is 6.07 Å². The highest BCUT2D eigenvalue weighted by Gasteiger charge is 1.96. The first kappa shape index (κ1) is 10.8. The molecule has 0 saturated carbocycles. The molecule has 0 spiro atoms. The zero-order valence-electron chi connectivity index (χ0n) is 8.11. The molecule has 1 radical (unpaired) electrons. The summed E-state index contributed by atoms with van der Waals surface area (Å²) < 4.78 is 1.11. The fourth-order valence-electron chi connectivity index (χ4n) is 1.24. The molecule has 2 aromatic carbocycles. The lowest BCUT2D eigenvalue weighted by Gasteiger charge is -2.01. The Hall–Kier alpha value is -0.730. The van der Waals surface area contributed by atoms with Crippen molar-refractivity contribution in [2.24, 2.45) is 0 Å². The molecule has 0 aliphatic heterocycles. The number of benzene rings is 2. The third-order valence-electron chi connectivity index (χ3n) is 1.97. The predicted molar refractivity (Wildman–Crippen MR) is 69.0 cm³/mol. The summed E-state index contributed by atoms with van der Waals surface area (Å²) in [6.45, 7) is 0. The summed E-state index contributed by atoms with van der Waals surface area (Å²) in [5.41, 5.74) is 1.34. The maximum Gasteiger partial charge on any atom is 0.0232 e. The number of thioether (sulfide) groups is 1. The van der Waals surface area contributed by atoms with Crippen molar-refractivity contribution in [3.05, 3.63) is 64.6 Å². The first-order valence-electron chi connectivity index (χ1n) is 4.68. The molecule has 0 aromatic heterocycles. The maximum atomic E-state index is 3.46. The van der Waals surface area contributed by atoms with E-state index >= 15 is 0 Å². The van der Waals surface area contributed by atoms with E-state index in [9.17, 15) is 0 Å². The van der Waals surface area contributed by atoms with Crippen LogP contribution in [0.3, 0.4) is 0 Å². The summed E-state index contributed by atoms with van der Waals surface area (Å²) in [5, 5.41) is 0. The smallest absolute Gasteiger partial charge is 0.0232 e. The summed E-state index contributed by atoms with van der Waals surface area (Å²) in [6.07, 6.45) is 0. The largest absolute Gasteiger partial charge is 0.121 e. The SMILES string of the molecule is Brc1cc[c]c(SCc2ccccc2)c1. The van der Waals surface area contributed by atoms with E-state index in [2.05, 4.69) is 52.3 Å². The standard InChI is InChI=1S/C13H10BrS/c14-12-7-4-8-13(9-12)15-10-11-5-2-1-3-6-11/h1-7,9H,10H2. The van der Waals surface area contributed by atoms with Crippen LogP contribution in [0.1, 0.15) is 5.56 Å². The molecule has 0 fully saturated rings. The van der Waals surface area contributed by atoms with Gasteiger partial charge < -0.3 is 0 Å². The number of hydrogen-bond donors (Lipinski definition) is 0. The molecule has 2 heteroatoms. The number of rotatable bonds is 3. The van der Waals surface area contributed by atoms with Gasteiger partial charge in [0.05, 0.1) is 0 Å². The zero-order valence-corrected chi connectivity index (χ0v) is 10.5. The van der Waals surface area contributed by atoms with Gasteiger partial charge in [-0.25, -0.2) is 0 Å². The van der Waals surface area contributed by atoms with Crippen molar-refractivity contribution >= 4 is 27.7 Å². The van der Waals surface area contributed by atoms with Gasteiger partial charge in [0.25, 0.3) is 0 Å². The van der Waals surface area contributed by atoms with Crippen molar-refractivity contribution in [3.8, 4) is 0 Å². The lowest BCUT2D eigenvalue weighted by Crippen LogP contribution is -1.79. The quantitative estimate of drug-likeness (QED) is 0.743. The molecule has 0 heterocycles. The van der Waals surface area contributed by atoms with Gasteiger partial charge in [-0.2, -0.15) is 0 Å². The minimum Gasteiger partial charge on any atom is -0.121 e. The van der Waals surface area contributed by atoms with Crippen LogP contribution in [-0.4, -0.2) is 0 Å². The Morgan fingerprint density at radius 3 is 2.67 bits per heavy atom. The molecule has 15 heavy (non-hydrogen) atoms. The summed E-state index contributed by atoms with van der Waals surface area (Å²) in [5.74, 6) is 0.994. The highest BCUT2D eigenvalue weighted by atomic mass is 79.9. The van der Waals surface area contributed by atoms with E-state index < -0.39 is 0 Å². The minimum atomic E-state index is 0.994. The molecule has 0 nitrogen and oxygen atoms in total. The molecule has 75 valence electrons. The van der Waals surface area contributed by atoms with Crippen molar-refractivity contribution in [2.75, 3.05) is 0 Å². The Kier molecular flexibility index (Phi) is 3.87. The Balaban J connectivity index is 1.99. The third-order valence-corrected chi connectivity index (χ3v) is 3.49. The average molecular weight is 278 g/mol. The van der Waals surface area contributed by atoms with Gasteiger partial charge in [0.1, 0.15) is 0 Å². The van der Waals surface area contributed by atoms with E-state index in [1.54, 1.807) is 11.8 Å². The van der Waals surface area contributed by atoms with Crippen LogP contribution in [0.25, 0.3) is 0 Å². The van der Waals surface area contributed by atoms with Crippen molar-refractivity contribution in [1.82, 2.24) is 0 Å². The Morgan fingerprint density at radius 2 is 1.93 bits per heavy atom. The first-order chi connectivity index (χ1) is 7.34. The van der Waals surface area contributed by atoms with Gasteiger partial charge in [0, 0.05) is 15.1 Å². The topological polar surface area (TPSA) is 0 Å². The highest BCUT2D eigenvalue weighted by Crippen LogP contribution is 2.24. The summed E-state index contributed by atoms with van der Waals surface area (Å²) in [7, 11) is 0. The number of halogens is 1. The van der Waals surface area contributed by atoms with E-state index in [1.807, 2.05) is 18.2 Å². The maximum absolute atomic E-state index is 3.46. The molecule has 0 saturated heterocycles. The van der Waals surface area contributed by atoms with Crippen LogP contribution < -0.4 is 0 Å². The Labute approximate surface area is 103 Å². The molecule has 0 unspecified atom stereocenters. The second-order valence-electron chi connectivity index (χ2n) is 3.15. The lowest BCUT2D eigenvalue weighted by molar-refractivity contribution is 1.37. The summed E-state index contributed by atoms with van der Waals surface area (Å²) >= 11 is 5.26. The summed E-state index contributed by atoms with van der Waals surface area (Å²) in [6, 6.07) is 19.7. The third kappa shape index (κ3) is 3.40. The molecule has 0 atom stereocenters. The van der Waals surface area contributed by atoms with Crippen molar-refractivity contribution in [3.63, 3.8) is 0 Å². The lowest BCUT2D eigenvalue weighted by atomic mass is 10.2. The van der Waals surface area contributed by atoms with E-state index in [0.29, 0.717) is 0 Å². The van der Waals surface area contributed by atoms with E-state index in [4.69, 9.17) is 0 Å². The van der Waals surface area contributed by atoms with Crippen molar-refractivity contribution in [1.29, 1.82) is 0 Å². The second kappa shape index (κ2) is 5.38. The molecule has 0 aliphatic carbocycles. The molecule has 0 amide bonds. The van der Waals surface area contributed by atoms with Crippen LogP contribution in [0.15, 0.2) is 57.9 Å². The monoisotopic (exact) mass is 277 g/mol. The van der Waals surface area contributed by atoms with Crippen molar-refractivity contribution in [2.45, 2.75) is 10.6 Å². The van der Waals surface area contributed by atoms with Crippen LogP contribution in [0.5, 0.6) is 0 Å². The van der Waals surface area contributed by atoms with Gasteiger partial charge in [0.2, 0.25) is 0 Å². The molecule has 2 aromatic rings. The van der Waals surface area contributed by atoms with E-state index in [1.165, 1.54) is 10.5 Å². The van der Waals surface area contributed by atoms with Crippen LogP contribution in [-0.2, 0) is 5.75 Å². The van der Waals surface area contributed by atoms with Gasteiger partial charge in [-0.05, 0) is 23.8 Å². The Morgan fingerprint density at radius 1 is 1.13 bits per heavy atom. The zero-order chi connectivity index (χ0) is 10.5. The predicted octanol–water partition coefficient (Wildman–Crippen LogP) is 4.54. The molecule has 0 aliphatic rings. The minimum absolute atomic E-state index is 0.994. The van der Waals surface area contributed by atoms with Gasteiger partial charge >= 0.3 is 0 Å². The highest BCUT2D eigenvalue weighted by molar-refractivity contribution is 9.10. The van der Waals surface area contributed by atoms with Crippen LogP contribution >= 0.6 is 27.7 Å². The second-order valence-corrected chi connectivity index (χ2v) is 5.08. The van der Waals surface area contributed by atoms with Crippen LogP contribution in [0.4, 0.5) is 0 Å².